The molecule has 0 rings (SSSR count). The summed E-state index contributed by atoms with van der Waals surface area (Å²) < 4.78 is 11.8. The van der Waals surface area contributed by atoms with Crippen molar-refractivity contribution in [3.8, 4) is 0 Å². The molecule has 0 heterocycles. The number of hydrogen-bond acceptors (Lipinski definition) is 0. The Morgan fingerprint density at radius 3 is 2.57 bits per heavy atom. The summed E-state index contributed by atoms with van der Waals surface area (Å²) in [4.78, 5) is 0. The SMILES string of the molecule is C=CCC[C@H](C)F. The zero-order valence-electron chi connectivity index (χ0n) is 4.65. The van der Waals surface area contributed by atoms with Crippen molar-refractivity contribution < 1.29 is 4.39 Å². The van der Waals surface area contributed by atoms with Gasteiger partial charge in [0.25, 0.3) is 0 Å². The zero-order chi connectivity index (χ0) is 5.70. The van der Waals surface area contributed by atoms with Crippen molar-refractivity contribution >= 4 is 0 Å². The Morgan fingerprint density at radius 2 is 2.43 bits per heavy atom. The highest BCUT2D eigenvalue weighted by molar-refractivity contribution is 4.67. The van der Waals surface area contributed by atoms with E-state index < -0.39 is 6.17 Å². The molecule has 0 aromatic heterocycles. The quantitative estimate of drug-likeness (QED) is 0.480. The first-order chi connectivity index (χ1) is 3.27. The smallest absolute Gasteiger partial charge is 0.0976 e. The Kier molecular flexibility index (Phi) is 3.67. The van der Waals surface area contributed by atoms with Gasteiger partial charge in [-0.05, 0) is 19.8 Å². The first kappa shape index (κ1) is 6.67. The molecule has 0 aromatic carbocycles. The maximum atomic E-state index is 11.8. The predicted octanol–water partition coefficient (Wildman–Crippen LogP) is 2.31. The fourth-order valence-corrected chi connectivity index (χ4v) is 0.348. The largest absolute Gasteiger partial charge is 0.248 e. The molecule has 0 radical (unpaired) electrons. The van der Waals surface area contributed by atoms with Crippen LogP contribution in [0.4, 0.5) is 4.39 Å². The second kappa shape index (κ2) is 3.85. The molecule has 0 spiro atoms. The van der Waals surface area contributed by atoms with Gasteiger partial charge in [0.2, 0.25) is 0 Å². The second-order valence-corrected chi connectivity index (χ2v) is 1.65. The molecular formula is C6H11F. The van der Waals surface area contributed by atoms with Crippen LogP contribution in [0.5, 0.6) is 0 Å². The van der Waals surface area contributed by atoms with Crippen LogP contribution in [0.25, 0.3) is 0 Å². The van der Waals surface area contributed by atoms with Crippen LogP contribution >= 0.6 is 0 Å². The summed E-state index contributed by atoms with van der Waals surface area (Å²) in [6, 6.07) is 0. The molecule has 0 aliphatic rings. The van der Waals surface area contributed by atoms with Crippen molar-refractivity contribution in [1.82, 2.24) is 0 Å². The summed E-state index contributed by atoms with van der Waals surface area (Å²) in [5.74, 6) is 0. The molecule has 0 bridgehead atoms. The molecule has 0 amide bonds. The van der Waals surface area contributed by atoms with Crippen molar-refractivity contribution in [2.24, 2.45) is 0 Å². The molecule has 0 saturated heterocycles. The lowest BCUT2D eigenvalue weighted by atomic mass is 10.2. The maximum absolute atomic E-state index is 11.8. The van der Waals surface area contributed by atoms with E-state index in [2.05, 4.69) is 6.58 Å². The number of halogens is 1. The van der Waals surface area contributed by atoms with Gasteiger partial charge in [-0.15, -0.1) is 6.58 Å². The third-order valence-electron chi connectivity index (χ3n) is 0.769. The summed E-state index contributed by atoms with van der Waals surface area (Å²) in [5, 5.41) is 0. The average molecular weight is 102 g/mol. The average Bonchev–Trinajstić information content (AvgIpc) is 1.61. The van der Waals surface area contributed by atoms with Gasteiger partial charge in [0, 0.05) is 0 Å². The summed E-state index contributed by atoms with van der Waals surface area (Å²) in [6.45, 7) is 5.03. The van der Waals surface area contributed by atoms with E-state index in [4.69, 9.17) is 0 Å². The molecule has 0 aliphatic carbocycles. The summed E-state index contributed by atoms with van der Waals surface area (Å²) in [5.41, 5.74) is 0. The summed E-state index contributed by atoms with van der Waals surface area (Å²) >= 11 is 0. The molecule has 1 atom stereocenters. The first-order valence-corrected chi connectivity index (χ1v) is 2.52. The number of alkyl halides is 1. The van der Waals surface area contributed by atoms with Crippen LogP contribution in [-0.2, 0) is 0 Å². The van der Waals surface area contributed by atoms with E-state index in [1.54, 1.807) is 13.0 Å². The predicted molar refractivity (Wildman–Crippen MR) is 30.0 cm³/mol. The van der Waals surface area contributed by atoms with Crippen LogP contribution in [0.2, 0.25) is 0 Å². The van der Waals surface area contributed by atoms with Crippen molar-refractivity contribution in [2.75, 3.05) is 0 Å². The Bertz CT molecular complexity index is 48.1. The van der Waals surface area contributed by atoms with Gasteiger partial charge in [-0.2, -0.15) is 0 Å². The van der Waals surface area contributed by atoms with Gasteiger partial charge in [-0.1, -0.05) is 6.08 Å². The lowest BCUT2D eigenvalue weighted by Crippen LogP contribution is -1.88. The maximum Gasteiger partial charge on any atom is 0.0976 e. The van der Waals surface area contributed by atoms with Gasteiger partial charge >= 0.3 is 0 Å². The molecule has 0 aromatic rings. The van der Waals surface area contributed by atoms with Crippen molar-refractivity contribution in [3.63, 3.8) is 0 Å². The molecular weight excluding hydrogens is 91.1 g/mol. The van der Waals surface area contributed by atoms with Crippen molar-refractivity contribution in [1.29, 1.82) is 0 Å². The molecule has 0 aliphatic heterocycles. The van der Waals surface area contributed by atoms with Crippen LogP contribution < -0.4 is 0 Å². The number of allylic oxidation sites excluding steroid dienone is 1. The third-order valence-corrected chi connectivity index (χ3v) is 0.769. The highest BCUT2D eigenvalue weighted by atomic mass is 19.1. The Balaban J connectivity index is 2.81. The van der Waals surface area contributed by atoms with E-state index in [0.29, 0.717) is 6.42 Å². The first-order valence-electron chi connectivity index (χ1n) is 2.52. The molecule has 0 unspecified atom stereocenters. The van der Waals surface area contributed by atoms with Crippen LogP contribution in [-0.4, -0.2) is 6.17 Å². The van der Waals surface area contributed by atoms with Crippen LogP contribution in [0.3, 0.4) is 0 Å². The minimum absolute atomic E-state index is 0.615. The minimum Gasteiger partial charge on any atom is -0.248 e. The fraction of sp³-hybridized carbons (Fsp3) is 0.667. The van der Waals surface area contributed by atoms with Gasteiger partial charge in [0.05, 0.1) is 6.17 Å². The fourth-order valence-electron chi connectivity index (χ4n) is 0.348. The zero-order valence-corrected chi connectivity index (χ0v) is 4.65. The van der Waals surface area contributed by atoms with Crippen molar-refractivity contribution in [2.45, 2.75) is 25.9 Å². The lowest BCUT2D eigenvalue weighted by Gasteiger charge is -1.93. The van der Waals surface area contributed by atoms with E-state index >= 15 is 0 Å². The van der Waals surface area contributed by atoms with Gasteiger partial charge in [-0.3, -0.25) is 0 Å². The molecule has 0 fully saturated rings. The topological polar surface area (TPSA) is 0 Å². The van der Waals surface area contributed by atoms with Crippen LogP contribution in [0, 0.1) is 0 Å². The molecule has 0 saturated carbocycles. The third kappa shape index (κ3) is 5.67. The summed E-state index contributed by atoms with van der Waals surface area (Å²) in [6.07, 6.45) is 2.47. The highest BCUT2D eigenvalue weighted by Gasteiger charge is 1.91. The van der Waals surface area contributed by atoms with Gasteiger partial charge in [0.1, 0.15) is 0 Å². The number of hydrogen-bond donors (Lipinski definition) is 0. The molecule has 1 heteroatoms. The van der Waals surface area contributed by atoms with E-state index in [-0.39, 0.29) is 0 Å². The summed E-state index contributed by atoms with van der Waals surface area (Å²) in [7, 11) is 0. The number of rotatable bonds is 3. The van der Waals surface area contributed by atoms with E-state index in [0.717, 1.165) is 6.42 Å². The molecule has 0 nitrogen and oxygen atoms in total. The standard InChI is InChI=1S/C6H11F/c1-3-4-5-6(2)7/h3,6H,1,4-5H2,2H3/t6-/m0/s1. The van der Waals surface area contributed by atoms with Gasteiger partial charge in [0.15, 0.2) is 0 Å². The van der Waals surface area contributed by atoms with E-state index in [1.807, 2.05) is 0 Å². The van der Waals surface area contributed by atoms with Crippen LogP contribution in [0.1, 0.15) is 19.8 Å². The molecule has 42 valence electrons. The van der Waals surface area contributed by atoms with Crippen molar-refractivity contribution in [3.05, 3.63) is 12.7 Å². The van der Waals surface area contributed by atoms with E-state index in [9.17, 15) is 4.39 Å². The normalized spacial score (nSPS) is 13.4. The molecule has 7 heavy (non-hydrogen) atoms. The Hall–Kier alpha value is -0.330. The van der Waals surface area contributed by atoms with Gasteiger partial charge < -0.3 is 0 Å². The Labute approximate surface area is 44.0 Å². The van der Waals surface area contributed by atoms with E-state index in [1.165, 1.54) is 0 Å². The monoisotopic (exact) mass is 102 g/mol. The minimum atomic E-state index is -0.669. The highest BCUT2D eigenvalue weighted by Crippen LogP contribution is 1.98. The van der Waals surface area contributed by atoms with Gasteiger partial charge in [-0.25, -0.2) is 4.39 Å². The van der Waals surface area contributed by atoms with Crippen LogP contribution in [0.15, 0.2) is 12.7 Å². The second-order valence-electron chi connectivity index (χ2n) is 1.65. The Morgan fingerprint density at radius 1 is 1.86 bits per heavy atom. The molecule has 0 N–H and O–H groups in total. The lowest BCUT2D eigenvalue weighted by molar-refractivity contribution is 0.343.